The Morgan fingerprint density at radius 3 is 2.41 bits per heavy atom. The fourth-order valence-corrected chi connectivity index (χ4v) is 2.38. The van der Waals surface area contributed by atoms with E-state index in [0.29, 0.717) is 22.8 Å². The quantitative estimate of drug-likeness (QED) is 0.538. The molecule has 86 valence electrons. The summed E-state index contributed by atoms with van der Waals surface area (Å²) in [7, 11) is 0. The first-order chi connectivity index (χ1) is 8.20. The van der Waals surface area contributed by atoms with Crippen LogP contribution >= 0.6 is 0 Å². The predicted octanol–water partition coefficient (Wildman–Crippen LogP) is 3.37. The molecule has 3 heteroatoms. The average Bonchev–Trinajstić information content (AvgIpc) is 2.36. The first-order valence-corrected chi connectivity index (χ1v) is 5.46. The molecule has 0 heterocycles. The van der Waals surface area contributed by atoms with Crippen LogP contribution in [0.4, 0.5) is 4.39 Å². The number of allylic oxidation sites excluding steroid dienone is 2. The van der Waals surface area contributed by atoms with E-state index < -0.39 is 6.17 Å². The molecule has 1 atom stereocenters. The monoisotopic (exact) mass is 230 g/mol. The lowest BCUT2D eigenvalue weighted by atomic mass is 9.90. The number of hydrogen-bond acceptors (Lipinski definition) is 2. The van der Waals surface area contributed by atoms with Crippen molar-refractivity contribution < 1.29 is 14.6 Å². The van der Waals surface area contributed by atoms with Crippen LogP contribution < -0.4 is 0 Å². The molecule has 2 aromatic rings. The summed E-state index contributed by atoms with van der Waals surface area (Å²) in [6, 6.07) is 6.92. The lowest BCUT2D eigenvalue weighted by Crippen LogP contribution is -2.02. The van der Waals surface area contributed by atoms with E-state index in [1.165, 1.54) is 6.08 Å². The summed E-state index contributed by atoms with van der Waals surface area (Å²) in [5, 5.41) is 21.3. The molecule has 0 aromatic heterocycles. The highest BCUT2D eigenvalue weighted by Crippen LogP contribution is 2.45. The summed E-state index contributed by atoms with van der Waals surface area (Å²) in [6.45, 7) is 0. The van der Waals surface area contributed by atoms with Gasteiger partial charge in [-0.15, -0.1) is 0 Å². The Kier molecular flexibility index (Phi) is 2.08. The summed E-state index contributed by atoms with van der Waals surface area (Å²) in [5.41, 5.74) is 0.680. The zero-order valence-electron chi connectivity index (χ0n) is 9.02. The largest absolute Gasteiger partial charge is 0.507 e. The van der Waals surface area contributed by atoms with Gasteiger partial charge in [-0.05, 0) is 12.5 Å². The Morgan fingerprint density at radius 2 is 1.71 bits per heavy atom. The van der Waals surface area contributed by atoms with Crippen molar-refractivity contribution in [2.45, 2.75) is 12.6 Å². The molecule has 0 radical (unpaired) electrons. The molecule has 0 aliphatic heterocycles. The van der Waals surface area contributed by atoms with Gasteiger partial charge in [0, 0.05) is 21.9 Å². The van der Waals surface area contributed by atoms with Crippen LogP contribution in [0.5, 0.6) is 11.5 Å². The van der Waals surface area contributed by atoms with Crippen molar-refractivity contribution >= 4 is 10.8 Å². The number of hydrogen-bond donors (Lipinski definition) is 2. The second-order valence-electron chi connectivity index (χ2n) is 4.17. The Hall–Kier alpha value is -2.03. The van der Waals surface area contributed by atoms with Crippen LogP contribution in [0.3, 0.4) is 0 Å². The molecule has 2 aromatic carbocycles. The third-order valence-corrected chi connectivity index (χ3v) is 3.21. The van der Waals surface area contributed by atoms with Crippen molar-refractivity contribution in [3.63, 3.8) is 0 Å². The molecule has 0 fully saturated rings. The van der Waals surface area contributed by atoms with Crippen LogP contribution in [-0.2, 0) is 6.42 Å². The molecule has 17 heavy (non-hydrogen) atoms. The minimum atomic E-state index is -1.35. The van der Waals surface area contributed by atoms with Crippen LogP contribution in [-0.4, -0.2) is 10.2 Å². The maximum absolute atomic E-state index is 13.8. The molecule has 1 aliphatic carbocycles. The van der Waals surface area contributed by atoms with Gasteiger partial charge in [0.25, 0.3) is 0 Å². The molecule has 0 amide bonds. The minimum Gasteiger partial charge on any atom is -0.507 e. The standard InChI is InChI=1S/C14H11FO2/c15-11-7-3-6-10-12(11)14(17)9-5-2-1-4-8(9)13(10)16/h1-5,7,11,16-17H,6H2. The molecule has 2 N–H and O–H groups in total. The molecule has 3 rings (SSSR count). The SMILES string of the molecule is Oc1c2c(c(O)c3ccccc13)C(F)C=CC2. The number of phenols is 2. The summed E-state index contributed by atoms with van der Waals surface area (Å²) >= 11 is 0. The molecule has 0 saturated heterocycles. The number of alkyl halides is 1. The van der Waals surface area contributed by atoms with Crippen molar-refractivity contribution in [2.75, 3.05) is 0 Å². The van der Waals surface area contributed by atoms with Crippen molar-refractivity contribution in [3.05, 3.63) is 47.5 Å². The van der Waals surface area contributed by atoms with Gasteiger partial charge in [-0.2, -0.15) is 0 Å². The molecular weight excluding hydrogens is 219 g/mol. The summed E-state index contributed by atoms with van der Waals surface area (Å²) in [4.78, 5) is 0. The van der Waals surface area contributed by atoms with Crippen LogP contribution in [0.2, 0.25) is 0 Å². The maximum atomic E-state index is 13.8. The van der Waals surface area contributed by atoms with Gasteiger partial charge in [0.15, 0.2) is 0 Å². The van der Waals surface area contributed by atoms with Gasteiger partial charge in [-0.25, -0.2) is 4.39 Å². The van der Waals surface area contributed by atoms with E-state index in [0.717, 1.165) is 0 Å². The van der Waals surface area contributed by atoms with Gasteiger partial charge in [-0.3, -0.25) is 0 Å². The number of phenolic OH excluding ortho intramolecular Hbond substituents is 2. The summed E-state index contributed by atoms with van der Waals surface area (Å²) in [5.74, 6) is 0.00523. The fraction of sp³-hybridized carbons (Fsp3) is 0.143. The van der Waals surface area contributed by atoms with Gasteiger partial charge in [0.1, 0.15) is 17.7 Å². The second-order valence-corrected chi connectivity index (χ2v) is 4.17. The van der Waals surface area contributed by atoms with E-state index in [4.69, 9.17) is 0 Å². The topological polar surface area (TPSA) is 40.5 Å². The Labute approximate surface area is 97.6 Å². The molecule has 0 saturated carbocycles. The van der Waals surface area contributed by atoms with E-state index in [-0.39, 0.29) is 17.1 Å². The van der Waals surface area contributed by atoms with E-state index >= 15 is 0 Å². The predicted molar refractivity (Wildman–Crippen MR) is 64.0 cm³/mol. The highest BCUT2D eigenvalue weighted by Gasteiger charge is 2.25. The highest BCUT2D eigenvalue weighted by molar-refractivity contribution is 5.96. The Bertz CT molecular complexity index is 632. The van der Waals surface area contributed by atoms with Crippen molar-refractivity contribution in [1.29, 1.82) is 0 Å². The number of aromatic hydroxyl groups is 2. The van der Waals surface area contributed by atoms with Crippen molar-refractivity contribution in [1.82, 2.24) is 0 Å². The number of rotatable bonds is 0. The van der Waals surface area contributed by atoms with E-state index in [1.807, 2.05) is 0 Å². The van der Waals surface area contributed by atoms with E-state index in [2.05, 4.69) is 0 Å². The highest BCUT2D eigenvalue weighted by atomic mass is 19.1. The first kappa shape index (κ1) is 10.1. The first-order valence-electron chi connectivity index (χ1n) is 5.46. The van der Waals surface area contributed by atoms with Crippen LogP contribution in [0.25, 0.3) is 10.8 Å². The number of halogens is 1. The molecular formula is C14H11FO2. The summed E-state index contributed by atoms with van der Waals surface area (Å²) in [6.07, 6.45) is 2.16. The van der Waals surface area contributed by atoms with Crippen LogP contribution in [0.15, 0.2) is 36.4 Å². The van der Waals surface area contributed by atoms with Crippen LogP contribution in [0, 0.1) is 0 Å². The van der Waals surface area contributed by atoms with E-state index in [1.54, 1.807) is 30.3 Å². The zero-order valence-corrected chi connectivity index (χ0v) is 9.02. The minimum absolute atomic E-state index is 0.0646. The lowest BCUT2D eigenvalue weighted by molar-refractivity contribution is 0.380. The van der Waals surface area contributed by atoms with Gasteiger partial charge < -0.3 is 10.2 Å². The smallest absolute Gasteiger partial charge is 0.147 e. The zero-order chi connectivity index (χ0) is 12.0. The van der Waals surface area contributed by atoms with E-state index in [9.17, 15) is 14.6 Å². The molecule has 1 aliphatic rings. The molecule has 2 nitrogen and oxygen atoms in total. The molecule has 1 unspecified atom stereocenters. The molecule has 0 spiro atoms. The van der Waals surface area contributed by atoms with Gasteiger partial charge in [-0.1, -0.05) is 30.3 Å². The average molecular weight is 230 g/mol. The maximum Gasteiger partial charge on any atom is 0.147 e. The third-order valence-electron chi connectivity index (χ3n) is 3.21. The van der Waals surface area contributed by atoms with Gasteiger partial charge in [0.2, 0.25) is 0 Å². The fourth-order valence-electron chi connectivity index (χ4n) is 2.38. The number of fused-ring (bicyclic) bond motifs is 2. The Balaban J connectivity index is 2.47. The lowest BCUT2D eigenvalue weighted by Gasteiger charge is -2.19. The summed E-state index contributed by atoms with van der Waals surface area (Å²) < 4.78 is 13.8. The number of benzene rings is 2. The van der Waals surface area contributed by atoms with Gasteiger partial charge >= 0.3 is 0 Å². The van der Waals surface area contributed by atoms with Crippen molar-refractivity contribution in [3.8, 4) is 11.5 Å². The third kappa shape index (κ3) is 1.32. The normalized spacial score (nSPS) is 18.3. The van der Waals surface area contributed by atoms with Crippen molar-refractivity contribution in [2.24, 2.45) is 0 Å². The molecule has 0 bridgehead atoms. The van der Waals surface area contributed by atoms with Crippen LogP contribution in [0.1, 0.15) is 17.3 Å². The Morgan fingerprint density at radius 1 is 1.06 bits per heavy atom. The second kappa shape index (κ2) is 3.48. The van der Waals surface area contributed by atoms with Gasteiger partial charge in [0.05, 0.1) is 0 Å².